The Kier molecular flexibility index (Phi) is 6.32. The van der Waals surface area contributed by atoms with Crippen LogP contribution in [0.5, 0.6) is 5.75 Å². The molecule has 2 N–H and O–H groups in total. The topological polar surface area (TPSA) is 50.7 Å². The van der Waals surface area contributed by atoms with Crippen LogP contribution in [0.25, 0.3) is 0 Å². The first-order valence-corrected chi connectivity index (χ1v) is 6.30. The van der Waals surface area contributed by atoms with Gasteiger partial charge in [-0.3, -0.25) is 0 Å². The van der Waals surface area contributed by atoms with E-state index in [0.29, 0.717) is 19.8 Å². The van der Waals surface area contributed by atoms with E-state index in [2.05, 4.69) is 21.2 Å². The molecule has 0 aliphatic heterocycles. The highest BCUT2D eigenvalue weighted by Crippen LogP contribution is 2.27. The quantitative estimate of drug-likeness (QED) is 0.811. The third-order valence-electron chi connectivity index (χ3n) is 2.20. The highest BCUT2D eigenvalue weighted by atomic mass is 79.9. The number of aliphatic hydroxyl groups excluding tert-OH is 1. The molecule has 1 rings (SSSR count). The number of ether oxygens (including phenoxy) is 2. The number of methoxy groups -OCH3 is 1. The Morgan fingerprint density at radius 3 is 2.88 bits per heavy atom. The Hall–Kier alpha value is -0.780. The molecule has 0 bridgehead atoms. The monoisotopic (exact) mass is 303 g/mol. The van der Waals surface area contributed by atoms with E-state index in [0.717, 1.165) is 15.9 Å². The average Bonchev–Trinajstić information content (AvgIpc) is 2.34. The summed E-state index contributed by atoms with van der Waals surface area (Å²) in [4.78, 5) is 0. The number of halogens is 1. The van der Waals surface area contributed by atoms with Gasteiger partial charge in [0.05, 0.1) is 25.5 Å². The highest BCUT2D eigenvalue weighted by molar-refractivity contribution is 9.10. The predicted molar refractivity (Wildman–Crippen MR) is 71.7 cm³/mol. The summed E-state index contributed by atoms with van der Waals surface area (Å²) in [7, 11) is 1.62. The van der Waals surface area contributed by atoms with E-state index in [1.165, 1.54) is 0 Å². The van der Waals surface area contributed by atoms with Crippen molar-refractivity contribution in [2.24, 2.45) is 0 Å². The van der Waals surface area contributed by atoms with E-state index >= 15 is 0 Å². The minimum Gasteiger partial charge on any atom is -0.495 e. The summed E-state index contributed by atoms with van der Waals surface area (Å²) in [5.74, 6) is 0.747. The van der Waals surface area contributed by atoms with Crippen LogP contribution < -0.4 is 10.1 Å². The summed E-state index contributed by atoms with van der Waals surface area (Å²) in [5.41, 5.74) is 0.845. The Labute approximate surface area is 110 Å². The number of anilines is 1. The maximum atomic E-state index is 9.63. The van der Waals surface area contributed by atoms with Gasteiger partial charge in [0.1, 0.15) is 5.75 Å². The van der Waals surface area contributed by atoms with E-state index < -0.39 is 6.10 Å². The van der Waals surface area contributed by atoms with Crippen molar-refractivity contribution in [3.05, 3.63) is 22.7 Å². The number of aliphatic hydroxyl groups is 1. The van der Waals surface area contributed by atoms with Crippen molar-refractivity contribution in [3.8, 4) is 5.75 Å². The first-order chi connectivity index (χ1) is 8.17. The molecule has 1 aromatic rings. The fraction of sp³-hybridized carbons (Fsp3) is 0.500. The molecule has 0 saturated heterocycles. The summed E-state index contributed by atoms with van der Waals surface area (Å²) in [6.07, 6.45) is -0.529. The van der Waals surface area contributed by atoms with Crippen LogP contribution in [0.15, 0.2) is 22.7 Å². The zero-order valence-electron chi connectivity index (χ0n) is 10.1. The zero-order valence-corrected chi connectivity index (χ0v) is 11.7. The zero-order chi connectivity index (χ0) is 12.7. The molecule has 0 spiro atoms. The summed E-state index contributed by atoms with van der Waals surface area (Å²) in [5, 5.41) is 12.8. The normalized spacial score (nSPS) is 12.2. The summed E-state index contributed by atoms with van der Waals surface area (Å²) >= 11 is 3.39. The maximum absolute atomic E-state index is 9.63. The molecule has 4 nitrogen and oxygen atoms in total. The summed E-state index contributed by atoms with van der Waals surface area (Å²) in [6.45, 7) is 3.27. The SMILES string of the molecule is CCOCC(O)CNc1cc(Br)ccc1OC. The highest BCUT2D eigenvalue weighted by Gasteiger charge is 2.07. The van der Waals surface area contributed by atoms with Crippen LogP contribution in [0, 0.1) is 0 Å². The third kappa shape index (κ3) is 4.93. The second kappa shape index (κ2) is 7.53. The molecule has 96 valence electrons. The summed E-state index contributed by atoms with van der Waals surface area (Å²) in [6, 6.07) is 5.67. The van der Waals surface area contributed by atoms with Gasteiger partial charge in [0.25, 0.3) is 0 Å². The number of hydrogen-bond donors (Lipinski definition) is 2. The smallest absolute Gasteiger partial charge is 0.142 e. The lowest BCUT2D eigenvalue weighted by molar-refractivity contribution is 0.0495. The predicted octanol–water partition coefficient (Wildman–Crippen LogP) is 2.27. The van der Waals surface area contributed by atoms with Gasteiger partial charge in [-0.05, 0) is 25.1 Å². The van der Waals surface area contributed by atoms with Crippen molar-refractivity contribution in [1.29, 1.82) is 0 Å². The fourth-order valence-electron chi connectivity index (χ4n) is 1.36. The Morgan fingerprint density at radius 2 is 2.24 bits per heavy atom. The van der Waals surface area contributed by atoms with Crippen LogP contribution in [-0.4, -0.2) is 38.1 Å². The molecule has 5 heteroatoms. The molecule has 0 fully saturated rings. The van der Waals surface area contributed by atoms with Crippen LogP contribution in [-0.2, 0) is 4.74 Å². The van der Waals surface area contributed by atoms with Crippen molar-refractivity contribution in [2.45, 2.75) is 13.0 Å². The molecule has 0 aromatic heterocycles. The number of hydrogen-bond acceptors (Lipinski definition) is 4. The Bertz CT molecular complexity index is 347. The molecule has 1 atom stereocenters. The van der Waals surface area contributed by atoms with Crippen molar-refractivity contribution in [1.82, 2.24) is 0 Å². The molecule has 0 aliphatic rings. The lowest BCUT2D eigenvalue weighted by Gasteiger charge is -2.15. The van der Waals surface area contributed by atoms with Crippen molar-refractivity contribution in [2.75, 3.05) is 32.2 Å². The molecule has 0 radical (unpaired) electrons. The van der Waals surface area contributed by atoms with Gasteiger partial charge in [0.2, 0.25) is 0 Å². The molecule has 0 amide bonds. The van der Waals surface area contributed by atoms with Crippen LogP contribution in [0.3, 0.4) is 0 Å². The third-order valence-corrected chi connectivity index (χ3v) is 2.70. The van der Waals surface area contributed by atoms with Gasteiger partial charge in [0, 0.05) is 17.6 Å². The maximum Gasteiger partial charge on any atom is 0.142 e. The van der Waals surface area contributed by atoms with Crippen LogP contribution in [0.2, 0.25) is 0 Å². The van der Waals surface area contributed by atoms with Gasteiger partial charge in [-0.25, -0.2) is 0 Å². The number of rotatable bonds is 7. The van der Waals surface area contributed by atoms with Crippen LogP contribution in [0.1, 0.15) is 6.92 Å². The molecular formula is C12H18BrNO3. The van der Waals surface area contributed by atoms with Gasteiger partial charge in [-0.2, -0.15) is 0 Å². The molecule has 0 saturated carbocycles. The fourth-order valence-corrected chi connectivity index (χ4v) is 1.72. The van der Waals surface area contributed by atoms with Crippen LogP contribution >= 0.6 is 15.9 Å². The Morgan fingerprint density at radius 1 is 1.47 bits per heavy atom. The molecule has 17 heavy (non-hydrogen) atoms. The lowest BCUT2D eigenvalue weighted by atomic mass is 10.2. The van der Waals surface area contributed by atoms with E-state index in [4.69, 9.17) is 9.47 Å². The van der Waals surface area contributed by atoms with Gasteiger partial charge >= 0.3 is 0 Å². The molecule has 0 heterocycles. The average molecular weight is 304 g/mol. The molecule has 1 aromatic carbocycles. The standard InChI is InChI=1S/C12H18BrNO3/c1-3-17-8-10(15)7-14-11-6-9(13)4-5-12(11)16-2/h4-6,10,14-15H,3,7-8H2,1-2H3. The molecule has 1 unspecified atom stereocenters. The lowest BCUT2D eigenvalue weighted by Crippen LogP contribution is -2.25. The van der Waals surface area contributed by atoms with Crippen molar-refractivity contribution >= 4 is 21.6 Å². The van der Waals surface area contributed by atoms with Gasteiger partial charge in [-0.15, -0.1) is 0 Å². The van der Waals surface area contributed by atoms with Gasteiger partial charge < -0.3 is 19.9 Å². The van der Waals surface area contributed by atoms with E-state index in [1.54, 1.807) is 7.11 Å². The number of nitrogens with one attached hydrogen (secondary N) is 1. The minimum atomic E-state index is -0.529. The van der Waals surface area contributed by atoms with E-state index in [-0.39, 0.29) is 0 Å². The second-order valence-electron chi connectivity index (χ2n) is 3.54. The van der Waals surface area contributed by atoms with E-state index in [9.17, 15) is 5.11 Å². The minimum absolute atomic E-state index is 0.333. The summed E-state index contributed by atoms with van der Waals surface area (Å²) < 4.78 is 11.3. The second-order valence-corrected chi connectivity index (χ2v) is 4.45. The van der Waals surface area contributed by atoms with Gasteiger partial charge in [0.15, 0.2) is 0 Å². The molecule has 0 aliphatic carbocycles. The van der Waals surface area contributed by atoms with Crippen molar-refractivity contribution < 1.29 is 14.6 Å². The van der Waals surface area contributed by atoms with E-state index in [1.807, 2.05) is 25.1 Å². The molecular weight excluding hydrogens is 286 g/mol. The van der Waals surface area contributed by atoms with Gasteiger partial charge in [-0.1, -0.05) is 15.9 Å². The Balaban J connectivity index is 2.52. The first kappa shape index (κ1) is 14.3. The van der Waals surface area contributed by atoms with Crippen molar-refractivity contribution in [3.63, 3.8) is 0 Å². The van der Waals surface area contributed by atoms with Crippen LogP contribution in [0.4, 0.5) is 5.69 Å². The number of benzene rings is 1. The largest absolute Gasteiger partial charge is 0.495 e. The first-order valence-electron chi connectivity index (χ1n) is 5.50.